The Hall–Kier alpha value is -2.81. The molecule has 3 nitrogen and oxygen atoms in total. The van der Waals surface area contributed by atoms with Crippen molar-refractivity contribution in [2.75, 3.05) is 19.1 Å². The van der Waals surface area contributed by atoms with Gasteiger partial charge in [-0.25, -0.2) is 0 Å². The lowest BCUT2D eigenvalue weighted by Gasteiger charge is -2.36. The first kappa shape index (κ1) is 21.4. The van der Waals surface area contributed by atoms with Crippen molar-refractivity contribution in [1.82, 2.24) is 4.98 Å². The number of aromatic nitrogens is 1. The van der Waals surface area contributed by atoms with E-state index in [2.05, 4.69) is 81.2 Å². The Bertz CT molecular complexity index is 1030. The first-order valence-electron chi connectivity index (χ1n) is 11.6. The van der Waals surface area contributed by atoms with E-state index < -0.39 is 0 Å². The van der Waals surface area contributed by atoms with Crippen LogP contribution in [-0.4, -0.2) is 19.1 Å². The molecule has 0 radical (unpaired) electrons. The van der Waals surface area contributed by atoms with Gasteiger partial charge in [-0.2, -0.15) is 0 Å². The standard InChI is InChI=1S/C28H34N2O/c1-6-20-13-10-14-21(7-2)27(20)23-18-26(31-5)28-22(29-23)15-11-17-25(28)30(4)24-16-9-8-12-19(24)3/h8-10,12-14,16,18,25H,6-7,11,15,17H2,1-5H3. The minimum absolute atomic E-state index is 0.272. The van der Waals surface area contributed by atoms with Gasteiger partial charge in [-0.05, 0) is 61.8 Å². The maximum absolute atomic E-state index is 6.00. The molecule has 162 valence electrons. The highest BCUT2D eigenvalue weighted by Crippen LogP contribution is 2.43. The Labute approximate surface area is 187 Å². The van der Waals surface area contributed by atoms with Crippen molar-refractivity contribution >= 4 is 5.69 Å². The minimum atomic E-state index is 0.272. The highest BCUT2D eigenvalue weighted by molar-refractivity contribution is 5.71. The van der Waals surface area contributed by atoms with Gasteiger partial charge in [-0.1, -0.05) is 50.2 Å². The summed E-state index contributed by atoms with van der Waals surface area (Å²) in [5.74, 6) is 0.970. The molecule has 1 heterocycles. The number of nitrogens with zero attached hydrogens (tertiary/aromatic N) is 2. The van der Waals surface area contributed by atoms with Crippen LogP contribution < -0.4 is 9.64 Å². The number of pyridine rings is 1. The van der Waals surface area contributed by atoms with Crippen LogP contribution in [0.15, 0.2) is 48.5 Å². The molecule has 1 aliphatic carbocycles. The highest BCUT2D eigenvalue weighted by Gasteiger charge is 2.30. The van der Waals surface area contributed by atoms with E-state index in [0.29, 0.717) is 0 Å². The Morgan fingerprint density at radius 2 is 1.74 bits per heavy atom. The smallest absolute Gasteiger partial charge is 0.128 e. The summed E-state index contributed by atoms with van der Waals surface area (Å²) in [6.07, 6.45) is 5.27. The molecule has 1 atom stereocenters. The average Bonchev–Trinajstić information content (AvgIpc) is 2.82. The van der Waals surface area contributed by atoms with Crippen LogP contribution in [0.3, 0.4) is 0 Å². The molecule has 1 aliphatic rings. The molecule has 2 aromatic carbocycles. The van der Waals surface area contributed by atoms with Gasteiger partial charge in [0.15, 0.2) is 0 Å². The Kier molecular flexibility index (Phi) is 6.31. The third kappa shape index (κ3) is 3.94. The van der Waals surface area contributed by atoms with Crippen molar-refractivity contribution < 1.29 is 4.74 Å². The second-order valence-electron chi connectivity index (χ2n) is 8.53. The van der Waals surface area contributed by atoms with E-state index in [-0.39, 0.29) is 6.04 Å². The van der Waals surface area contributed by atoms with Gasteiger partial charge in [-0.3, -0.25) is 4.98 Å². The number of fused-ring (bicyclic) bond motifs is 1. The third-order valence-corrected chi connectivity index (χ3v) is 6.76. The largest absolute Gasteiger partial charge is 0.496 e. The van der Waals surface area contributed by atoms with Crippen LogP contribution in [0.4, 0.5) is 5.69 Å². The third-order valence-electron chi connectivity index (χ3n) is 6.76. The molecule has 0 bridgehead atoms. The van der Waals surface area contributed by atoms with Gasteiger partial charge in [0.25, 0.3) is 0 Å². The number of ether oxygens (including phenoxy) is 1. The lowest BCUT2D eigenvalue weighted by Crippen LogP contribution is -2.29. The van der Waals surface area contributed by atoms with Gasteiger partial charge < -0.3 is 9.64 Å². The van der Waals surface area contributed by atoms with Crippen molar-refractivity contribution in [3.8, 4) is 17.0 Å². The molecule has 0 saturated heterocycles. The Morgan fingerprint density at radius 1 is 1.03 bits per heavy atom. The van der Waals surface area contributed by atoms with Crippen LogP contribution in [0.1, 0.15) is 60.7 Å². The fraction of sp³-hybridized carbons (Fsp3) is 0.393. The van der Waals surface area contributed by atoms with E-state index in [4.69, 9.17) is 9.72 Å². The normalized spacial score (nSPS) is 15.5. The number of hydrogen-bond donors (Lipinski definition) is 0. The molecule has 4 rings (SSSR count). The van der Waals surface area contributed by atoms with Crippen molar-refractivity contribution in [2.24, 2.45) is 0 Å². The van der Waals surface area contributed by atoms with Crippen molar-refractivity contribution in [1.29, 1.82) is 0 Å². The number of aryl methyl sites for hydroxylation is 4. The maximum atomic E-state index is 6.00. The fourth-order valence-corrected chi connectivity index (χ4v) is 5.12. The van der Waals surface area contributed by atoms with Gasteiger partial charge in [-0.15, -0.1) is 0 Å². The second kappa shape index (κ2) is 9.13. The van der Waals surface area contributed by atoms with E-state index >= 15 is 0 Å². The molecular formula is C28H34N2O. The lowest BCUT2D eigenvalue weighted by atomic mass is 9.87. The maximum Gasteiger partial charge on any atom is 0.128 e. The van der Waals surface area contributed by atoms with Gasteiger partial charge in [0.2, 0.25) is 0 Å². The van der Waals surface area contributed by atoms with Gasteiger partial charge >= 0.3 is 0 Å². The van der Waals surface area contributed by atoms with Crippen molar-refractivity contribution in [3.63, 3.8) is 0 Å². The van der Waals surface area contributed by atoms with Crippen LogP contribution in [0.5, 0.6) is 5.75 Å². The van der Waals surface area contributed by atoms with E-state index in [1.54, 1.807) is 7.11 Å². The number of benzene rings is 2. The quantitative estimate of drug-likeness (QED) is 0.448. The molecule has 0 spiro atoms. The number of rotatable bonds is 6. The van der Waals surface area contributed by atoms with E-state index in [0.717, 1.165) is 43.5 Å². The molecule has 0 fully saturated rings. The molecule has 0 N–H and O–H groups in total. The van der Waals surface area contributed by atoms with E-state index in [1.807, 2.05) is 0 Å². The lowest BCUT2D eigenvalue weighted by molar-refractivity contribution is 0.395. The van der Waals surface area contributed by atoms with Crippen LogP contribution >= 0.6 is 0 Å². The zero-order valence-electron chi connectivity index (χ0n) is 19.5. The van der Waals surface area contributed by atoms with Gasteiger partial charge in [0.1, 0.15) is 5.75 Å². The molecule has 3 heteroatoms. The molecule has 0 aliphatic heterocycles. The SMILES string of the molecule is CCc1cccc(CC)c1-c1cc(OC)c2c(n1)CCCC2N(C)c1ccccc1C. The van der Waals surface area contributed by atoms with Crippen LogP contribution in [0.25, 0.3) is 11.3 Å². The minimum Gasteiger partial charge on any atom is -0.496 e. The molecule has 31 heavy (non-hydrogen) atoms. The first-order valence-corrected chi connectivity index (χ1v) is 11.6. The van der Waals surface area contributed by atoms with Gasteiger partial charge in [0, 0.05) is 29.9 Å². The predicted octanol–water partition coefficient (Wildman–Crippen LogP) is 6.70. The molecule has 1 aromatic heterocycles. The number of anilines is 1. The second-order valence-corrected chi connectivity index (χ2v) is 8.53. The number of para-hydroxylation sites is 1. The van der Waals surface area contributed by atoms with E-state index in [1.165, 1.54) is 39.2 Å². The van der Waals surface area contributed by atoms with Crippen LogP contribution in [-0.2, 0) is 19.3 Å². The molecule has 0 saturated carbocycles. The zero-order chi connectivity index (χ0) is 22.0. The summed E-state index contributed by atoms with van der Waals surface area (Å²) in [6.45, 7) is 6.63. The summed E-state index contributed by atoms with van der Waals surface area (Å²) >= 11 is 0. The Balaban J connectivity index is 1.85. The van der Waals surface area contributed by atoms with Crippen molar-refractivity contribution in [3.05, 3.63) is 76.5 Å². The fourth-order valence-electron chi connectivity index (χ4n) is 5.12. The molecule has 0 amide bonds. The monoisotopic (exact) mass is 414 g/mol. The van der Waals surface area contributed by atoms with Crippen LogP contribution in [0.2, 0.25) is 0 Å². The summed E-state index contributed by atoms with van der Waals surface area (Å²) in [7, 11) is 4.00. The topological polar surface area (TPSA) is 25.4 Å². The molecule has 3 aromatic rings. The van der Waals surface area contributed by atoms with Gasteiger partial charge in [0.05, 0.1) is 24.5 Å². The predicted molar refractivity (Wildman–Crippen MR) is 130 cm³/mol. The summed E-state index contributed by atoms with van der Waals surface area (Å²) in [5, 5.41) is 0. The number of hydrogen-bond acceptors (Lipinski definition) is 3. The average molecular weight is 415 g/mol. The Morgan fingerprint density at radius 3 is 2.39 bits per heavy atom. The van der Waals surface area contributed by atoms with E-state index in [9.17, 15) is 0 Å². The summed E-state index contributed by atoms with van der Waals surface area (Å²) < 4.78 is 6.00. The zero-order valence-corrected chi connectivity index (χ0v) is 19.5. The summed E-state index contributed by atoms with van der Waals surface area (Å²) in [4.78, 5) is 7.66. The van der Waals surface area contributed by atoms with Crippen molar-refractivity contribution in [2.45, 2.75) is 58.9 Å². The summed E-state index contributed by atoms with van der Waals surface area (Å²) in [5.41, 5.74) is 10.1. The highest BCUT2D eigenvalue weighted by atomic mass is 16.5. The molecule has 1 unspecified atom stereocenters. The number of methoxy groups -OCH3 is 1. The first-order chi connectivity index (χ1) is 15.1. The molecular weight excluding hydrogens is 380 g/mol. The summed E-state index contributed by atoms with van der Waals surface area (Å²) in [6, 6.07) is 17.7. The van der Waals surface area contributed by atoms with Crippen LogP contribution in [0, 0.1) is 6.92 Å².